The molecule has 0 aromatic heterocycles. The molecule has 2 aromatic rings. The zero-order chi connectivity index (χ0) is 20.4. The lowest BCUT2D eigenvalue weighted by atomic mass is 10.1. The van der Waals surface area contributed by atoms with Gasteiger partial charge in [0.15, 0.2) is 11.5 Å². The van der Waals surface area contributed by atoms with Gasteiger partial charge in [-0.15, -0.1) is 0 Å². The van der Waals surface area contributed by atoms with Crippen molar-refractivity contribution in [1.82, 2.24) is 5.32 Å². The Morgan fingerprint density at radius 1 is 1.14 bits per heavy atom. The lowest BCUT2D eigenvalue weighted by molar-refractivity contribution is -0.117. The predicted molar refractivity (Wildman–Crippen MR) is 107 cm³/mol. The second-order valence-electron chi connectivity index (χ2n) is 5.93. The number of aryl methyl sites for hydroxylation is 1. The lowest BCUT2D eigenvalue weighted by Gasteiger charge is -2.10. The van der Waals surface area contributed by atoms with E-state index >= 15 is 0 Å². The van der Waals surface area contributed by atoms with Gasteiger partial charge in [0, 0.05) is 0 Å². The molecule has 2 aromatic carbocycles. The van der Waals surface area contributed by atoms with E-state index in [0.717, 1.165) is 11.3 Å². The van der Waals surface area contributed by atoms with Crippen LogP contribution in [0.5, 0.6) is 17.2 Å². The molecule has 1 N–H and O–H groups in total. The summed E-state index contributed by atoms with van der Waals surface area (Å²) < 4.78 is 16.3. The van der Waals surface area contributed by atoms with Gasteiger partial charge in [0.25, 0.3) is 5.91 Å². The first-order chi connectivity index (χ1) is 13.6. The molecule has 0 aliphatic rings. The molecule has 0 heterocycles. The number of nitrogens with one attached hydrogen (secondary N) is 1. The molecule has 2 rings (SSSR count). The molecular formula is C22H24N2O4. The second-order valence-corrected chi connectivity index (χ2v) is 5.93. The first-order valence-electron chi connectivity index (χ1n) is 8.97. The third-order valence-corrected chi connectivity index (χ3v) is 3.84. The molecule has 0 bridgehead atoms. The van der Waals surface area contributed by atoms with Crippen molar-refractivity contribution in [2.75, 3.05) is 26.9 Å². The zero-order valence-corrected chi connectivity index (χ0v) is 16.3. The maximum Gasteiger partial charge on any atom is 0.262 e. The number of benzene rings is 2. The maximum atomic E-state index is 12.2. The SMILES string of the molecule is CCOc1ccc(/C=C(\C#N)C(=O)NCCOc2ccc(C)cc2)cc1OC. The summed E-state index contributed by atoms with van der Waals surface area (Å²) in [6, 6.07) is 14.8. The van der Waals surface area contributed by atoms with Crippen molar-refractivity contribution in [1.29, 1.82) is 5.26 Å². The van der Waals surface area contributed by atoms with Crippen LogP contribution in [-0.4, -0.2) is 32.8 Å². The van der Waals surface area contributed by atoms with Crippen molar-refractivity contribution < 1.29 is 19.0 Å². The second kappa shape index (κ2) is 10.6. The van der Waals surface area contributed by atoms with Crippen molar-refractivity contribution in [2.24, 2.45) is 0 Å². The highest BCUT2D eigenvalue weighted by molar-refractivity contribution is 6.01. The molecule has 1 amide bonds. The molecule has 0 saturated carbocycles. The minimum Gasteiger partial charge on any atom is -0.493 e. The van der Waals surface area contributed by atoms with E-state index in [-0.39, 0.29) is 5.57 Å². The summed E-state index contributed by atoms with van der Waals surface area (Å²) in [5.41, 5.74) is 1.82. The summed E-state index contributed by atoms with van der Waals surface area (Å²) in [6.07, 6.45) is 1.51. The Kier molecular flexibility index (Phi) is 7.92. The van der Waals surface area contributed by atoms with Gasteiger partial charge in [0.05, 0.1) is 20.3 Å². The minimum absolute atomic E-state index is 0.00143. The summed E-state index contributed by atoms with van der Waals surface area (Å²) >= 11 is 0. The highest BCUT2D eigenvalue weighted by Gasteiger charge is 2.10. The molecule has 6 nitrogen and oxygen atoms in total. The van der Waals surface area contributed by atoms with Gasteiger partial charge in [0.1, 0.15) is 24.0 Å². The van der Waals surface area contributed by atoms with Crippen molar-refractivity contribution >= 4 is 12.0 Å². The van der Waals surface area contributed by atoms with Crippen LogP contribution < -0.4 is 19.5 Å². The molecule has 28 heavy (non-hydrogen) atoms. The third kappa shape index (κ3) is 6.06. The number of hydrogen-bond acceptors (Lipinski definition) is 5. The molecule has 0 aliphatic carbocycles. The van der Waals surface area contributed by atoms with Gasteiger partial charge in [-0.05, 0) is 49.8 Å². The Morgan fingerprint density at radius 3 is 2.54 bits per heavy atom. The quantitative estimate of drug-likeness (QED) is 0.409. The molecule has 0 fully saturated rings. The molecule has 0 saturated heterocycles. The van der Waals surface area contributed by atoms with Crippen LogP contribution in [-0.2, 0) is 4.79 Å². The van der Waals surface area contributed by atoms with Crippen LogP contribution in [0.3, 0.4) is 0 Å². The van der Waals surface area contributed by atoms with Crippen molar-refractivity contribution in [3.05, 3.63) is 59.2 Å². The minimum atomic E-state index is -0.456. The standard InChI is InChI=1S/C22H24N2O4/c1-4-27-20-10-7-17(14-21(20)26-3)13-18(15-23)22(25)24-11-12-28-19-8-5-16(2)6-9-19/h5-10,13-14H,4,11-12H2,1-3H3,(H,24,25)/b18-13+. The van der Waals surface area contributed by atoms with Crippen LogP contribution in [0, 0.1) is 18.3 Å². The number of nitrogens with zero attached hydrogens (tertiary/aromatic N) is 1. The van der Waals surface area contributed by atoms with E-state index in [4.69, 9.17) is 14.2 Å². The molecule has 0 aliphatic heterocycles. The number of nitriles is 1. The first kappa shape index (κ1) is 20.8. The molecular weight excluding hydrogens is 356 g/mol. The highest BCUT2D eigenvalue weighted by atomic mass is 16.5. The van der Waals surface area contributed by atoms with Gasteiger partial charge in [0.2, 0.25) is 0 Å². The topological polar surface area (TPSA) is 80.6 Å². The van der Waals surface area contributed by atoms with Crippen LogP contribution >= 0.6 is 0 Å². The summed E-state index contributed by atoms with van der Waals surface area (Å²) in [7, 11) is 1.54. The van der Waals surface area contributed by atoms with Crippen LogP contribution in [0.4, 0.5) is 0 Å². The van der Waals surface area contributed by atoms with E-state index in [2.05, 4.69) is 5.32 Å². The Hall–Kier alpha value is -3.46. The number of rotatable bonds is 9. The summed E-state index contributed by atoms with van der Waals surface area (Å²) in [4.78, 5) is 12.2. The van der Waals surface area contributed by atoms with Crippen LogP contribution in [0.2, 0.25) is 0 Å². The number of methoxy groups -OCH3 is 1. The van der Waals surface area contributed by atoms with E-state index in [1.807, 2.05) is 44.2 Å². The average Bonchev–Trinajstić information content (AvgIpc) is 2.71. The molecule has 0 atom stereocenters. The Balaban J connectivity index is 1.95. The van der Waals surface area contributed by atoms with E-state index in [1.54, 1.807) is 18.2 Å². The smallest absolute Gasteiger partial charge is 0.262 e. The third-order valence-electron chi connectivity index (χ3n) is 3.84. The number of carbonyl (C=O) groups excluding carboxylic acids is 1. The summed E-state index contributed by atoms with van der Waals surface area (Å²) in [5, 5.41) is 12.0. The fourth-order valence-electron chi connectivity index (χ4n) is 2.43. The molecule has 0 radical (unpaired) electrons. The van der Waals surface area contributed by atoms with Gasteiger partial charge >= 0.3 is 0 Å². The fraction of sp³-hybridized carbons (Fsp3) is 0.273. The van der Waals surface area contributed by atoms with E-state index in [1.165, 1.54) is 13.2 Å². The monoisotopic (exact) mass is 380 g/mol. The number of ether oxygens (including phenoxy) is 3. The average molecular weight is 380 g/mol. The number of hydrogen-bond donors (Lipinski definition) is 1. The predicted octanol–water partition coefficient (Wildman–Crippen LogP) is 3.50. The zero-order valence-electron chi connectivity index (χ0n) is 16.3. The van der Waals surface area contributed by atoms with Crippen molar-refractivity contribution in [3.63, 3.8) is 0 Å². The number of amides is 1. The van der Waals surface area contributed by atoms with Gasteiger partial charge in [-0.1, -0.05) is 23.8 Å². The Morgan fingerprint density at radius 2 is 1.89 bits per heavy atom. The molecule has 0 spiro atoms. The van der Waals surface area contributed by atoms with Gasteiger partial charge in [-0.2, -0.15) is 5.26 Å². The summed E-state index contributed by atoms with van der Waals surface area (Å²) in [6.45, 7) is 5.00. The number of carbonyl (C=O) groups is 1. The molecule has 6 heteroatoms. The van der Waals surface area contributed by atoms with Crippen LogP contribution in [0.25, 0.3) is 6.08 Å². The van der Waals surface area contributed by atoms with E-state index in [0.29, 0.717) is 36.8 Å². The fourth-order valence-corrected chi connectivity index (χ4v) is 2.43. The lowest BCUT2D eigenvalue weighted by Crippen LogP contribution is -2.29. The molecule has 0 unspecified atom stereocenters. The van der Waals surface area contributed by atoms with Crippen molar-refractivity contribution in [3.8, 4) is 23.3 Å². The van der Waals surface area contributed by atoms with E-state index in [9.17, 15) is 10.1 Å². The molecule has 146 valence electrons. The Labute approximate surface area is 165 Å². The van der Waals surface area contributed by atoms with Gasteiger partial charge in [-0.25, -0.2) is 0 Å². The van der Waals surface area contributed by atoms with Crippen molar-refractivity contribution in [2.45, 2.75) is 13.8 Å². The van der Waals surface area contributed by atoms with Gasteiger partial charge in [-0.3, -0.25) is 4.79 Å². The largest absolute Gasteiger partial charge is 0.493 e. The highest BCUT2D eigenvalue weighted by Crippen LogP contribution is 2.28. The first-order valence-corrected chi connectivity index (χ1v) is 8.97. The maximum absolute atomic E-state index is 12.2. The van der Waals surface area contributed by atoms with Crippen LogP contribution in [0.15, 0.2) is 48.0 Å². The normalized spacial score (nSPS) is 10.7. The van der Waals surface area contributed by atoms with Gasteiger partial charge < -0.3 is 19.5 Å². The van der Waals surface area contributed by atoms with E-state index < -0.39 is 5.91 Å². The Bertz CT molecular complexity index is 867. The van der Waals surface area contributed by atoms with Crippen LogP contribution in [0.1, 0.15) is 18.1 Å². The summed E-state index contributed by atoms with van der Waals surface area (Å²) in [5.74, 6) is 1.43.